The highest BCUT2D eigenvalue weighted by Gasteiger charge is 2.50. The van der Waals surface area contributed by atoms with E-state index in [1.165, 1.54) is 76.4 Å². The van der Waals surface area contributed by atoms with Crippen LogP contribution < -0.4 is 25.6 Å². The molecule has 66 heavy (non-hydrogen) atoms. The van der Waals surface area contributed by atoms with Crippen LogP contribution in [-0.4, -0.2) is 8.07 Å². The minimum Gasteiger partial charge on any atom is -0.310 e. The molecule has 1 aliphatic heterocycles. The number of benzene rings is 10. The van der Waals surface area contributed by atoms with E-state index in [0.29, 0.717) is 0 Å². The Balaban J connectivity index is 1.10. The van der Waals surface area contributed by atoms with E-state index in [1.807, 2.05) is 12.2 Å². The number of anilines is 3. The van der Waals surface area contributed by atoms with Gasteiger partial charge in [0.2, 0.25) is 0 Å². The highest BCUT2D eigenvalue weighted by Crippen LogP contribution is 2.44. The summed E-state index contributed by atoms with van der Waals surface area (Å²) >= 11 is 0. The molecule has 0 aromatic heterocycles. The average molecular weight is 858 g/mol. The quantitative estimate of drug-likeness (QED) is 0.117. The van der Waals surface area contributed by atoms with E-state index in [0.717, 1.165) is 28.2 Å². The Bertz CT molecular complexity index is 3210. The van der Waals surface area contributed by atoms with Gasteiger partial charge in [0.1, 0.15) is 0 Å². The number of fused-ring (bicyclic) bond motifs is 3. The molecule has 0 amide bonds. The Kier molecular flexibility index (Phi) is 10.6. The first kappa shape index (κ1) is 40.5. The zero-order chi connectivity index (χ0) is 44.5. The highest BCUT2D eigenvalue weighted by molar-refractivity contribution is 7.22. The van der Waals surface area contributed by atoms with Gasteiger partial charge in [0.25, 0.3) is 0 Å². The molecule has 0 N–H and O–H groups in total. The van der Waals surface area contributed by atoms with Gasteiger partial charge < -0.3 is 4.90 Å². The fraction of sp³-hybridized carbons (Fsp3) is 0. The molecule has 0 unspecified atom stereocenters. The first-order valence-electron chi connectivity index (χ1n) is 22.6. The van der Waals surface area contributed by atoms with Crippen LogP contribution in [0.15, 0.2) is 262 Å². The van der Waals surface area contributed by atoms with Gasteiger partial charge in [-0.15, -0.1) is 0 Å². The molecule has 11 rings (SSSR count). The summed E-state index contributed by atoms with van der Waals surface area (Å²) in [5.41, 5.74) is 17.6. The molecule has 1 heterocycles. The van der Waals surface area contributed by atoms with E-state index in [9.17, 15) is 0 Å². The molecular weight excluding hydrogens is 811 g/mol. The second kappa shape index (κ2) is 17.3. The third-order valence-corrected chi connectivity index (χ3v) is 18.1. The lowest BCUT2D eigenvalue weighted by molar-refractivity contribution is 1.29. The van der Waals surface area contributed by atoms with Crippen molar-refractivity contribution in [3.8, 4) is 55.6 Å². The van der Waals surface area contributed by atoms with Crippen LogP contribution in [0.4, 0.5) is 17.1 Å². The van der Waals surface area contributed by atoms with E-state index in [1.54, 1.807) is 0 Å². The Morgan fingerprint density at radius 2 is 0.712 bits per heavy atom. The van der Waals surface area contributed by atoms with Crippen molar-refractivity contribution in [3.63, 3.8) is 0 Å². The van der Waals surface area contributed by atoms with Gasteiger partial charge in [0.15, 0.2) is 8.07 Å². The summed E-state index contributed by atoms with van der Waals surface area (Å²) in [5.74, 6) is 0. The maximum atomic E-state index is 4.20. The molecular formula is C64H47NSi. The average Bonchev–Trinajstić information content (AvgIpc) is 3.71. The van der Waals surface area contributed by atoms with Gasteiger partial charge in [-0.2, -0.15) is 0 Å². The third kappa shape index (κ3) is 7.15. The zero-order valence-corrected chi connectivity index (χ0v) is 37.7. The standard InChI is InChI=1S/C64H47NSi/c1-3-46-18-13-28-58(42-46)66(59-29-14-19-47(4-2)43-59)62-32-12-11-30-60(62)64-61(31-17-33-63(64)66)65(56-38-34-50(35-39-56)54-26-15-24-52(44-54)48-20-7-5-8-21-48)57-40-36-51(37-41-57)55-27-16-25-53(45-55)49-22-9-6-10-23-49/h3-45H,1-2H2. The van der Waals surface area contributed by atoms with E-state index < -0.39 is 8.07 Å². The number of rotatable bonds is 11. The number of nitrogens with zero attached hydrogens (tertiary/aromatic N) is 1. The summed E-state index contributed by atoms with van der Waals surface area (Å²) in [5, 5.41) is 5.43. The summed E-state index contributed by atoms with van der Waals surface area (Å²) in [6.07, 6.45) is 3.93. The predicted octanol–water partition coefficient (Wildman–Crippen LogP) is 14.5. The molecule has 0 fully saturated rings. The summed E-state index contributed by atoms with van der Waals surface area (Å²) < 4.78 is 0. The van der Waals surface area contributed by atoms with Gasteiger partial charge in [-0.05, 0) is 124 Å². The van der Waals surface area contributed by atoms with Crippen LogP contribution in [0.3, 0.4) is 0 Å². The van der Waals surface area contributed by atoms with Crippen LogP contribution in [0.2, 0.25) is 0 Å². The molecule has 0 aliphatic carbocycles. The van der Waals surface area contributed by atoms with Gasteiger partial charge in [0.05, 0.1) is 5.69 Å². The lowest BCUT2D eigenvalue weighted by Crippen LogP contribution is -2.72. The number of hydrogen-bond acceptors (Lipinski definition) is 1. The second-order valence-corrected chi connectivity index (χ2v) is 20.7. The molecule has 0 atom stereocenters. The Labute approximate surface area is 389 Å². The second-order valence-electron chi connectivity index (χ2n) is 17.0. The zero-order valence-electron chi connectivity index (χ0n) is 36.7. The largest absolute Gasteiger partial charge is 0.310 e. The molecule has 2 heteroatoms. The van der Waals surface area contributed by atoms with E-state index in [4.69, 9.17) is 0 Å². The molecule has 1 nitrogen and oxygen atoms in total. The SMILES string of the molecule is C=Cc1cccc([Si]2(c3cccc(C=C)c3)c3ccccc3-c3c(N(c4ccc(-c5cccc(-c6ccccc6)c5)cc4)c4ccc(-c5cccc(-c6ccccc6)c5)cc4)cccc32)c1. The van der Waals surface area contributed by atoms with Crippen LogP contribution in [0, 0.1) is 0 Å². The monoisotopic (exact) mass is 857 g/mol. The molecule has 0 saturated heterocycles. The van der Waals surface area contributed by atoms with Crippen LogP contribution in [0.1, 0.15) is 11.1 Å². The minimum absolute atomic E-state index is 1.09. The molecule has 10 aromatic carbocycles. The van der Waals surface area contributed by atoms with Crippen LogP contribution >= 0.6 is 0 Å². The topological polar surface area (TPSA) is 3.24 Å². The van der Waals surface area contributed by atoms with Crippen molar-refractivity contribution in [2.24, 2.45) is 0 Å². The van der Waals surface area contributed by atoms with Crippen molar-refractivity contribution in [1.29, 1.82) is 0 Å². The molecule has 0 bridgehead atoms. The summed E-state index contributed by atoms with van der Waals surface area (Å²) in [4.78, 5) is 2.47. The van der Waals surface area contributed by atoms with E-state index in [-0.39, 0.29) is 0 Å². The van der Waals surface area contributed by atoms with Crippen molar-refractivity contribution < 1.29 is 0 Å². The molecule has 0 saturated carbocycles. The van der Waals surface area contributed by atoms with Crippen LogP contribution in [0.5, 0.6) is 0 Å². The van der Waals surface area contributed by atoms with Crippen molar-refractivity contribution in [2.75, 3.05) is 4.90 Å². The van der Waals surface area contributed by atoms with Crippen molar-refractivity contribution in [2.45, 2.75) is 0 Å². The molecule has 312 valence electrons. The normalized spacial score (nSPS) is 12.2. The molecule has 0 spiro atoms. The van der Waals surface area contributed by atoms with Gasteiger partial charge >= 0.3 is 0 Å². The van der Waals surface area contributed by atoms with Crippen molar-refractivity contribution >= 4 is 58.0 Å². The Morgan fingerprint density at radius 1 is 0.318 bits per heavy atom. The number of hydrogen-bond donors (Lipinski definition) is 0. The first-order valence-corrected chi connectivity index (χ1v) is 24.6. The third-order valence-electron chi connectivity index (χ3n) is 13.3. The predicted molar refractivity (Wildman–Crippen MR) is 286 cm³/mol. The Hall–Kier alpha value is -8.30. The summed E-state index contributed by atoms with van der Waals surface area (Å²) in [6, 6.07) is 91.4. The maximum Gasteiger partial charge on any atom is 0.180 e. The summed E-state index contributed by atoms with van der Waals surface area (Å²) in [7, 11) is -2.90. The van der Waals surface area contributed by atoms with E-state index >= 15 is 0 Å². The summed E-state index contributed by atoms with van der Waals surface area (Å²) in [6.45, 7) is 8.39. The van der Waals surface area contributed by atoms with Crippen LogP contribution in [0.25, 0.3) is 67.8 Å². The molecule has 10 aromatic rings. The lowest BCUT2D eigenvalue weighted by atomic mass is 9.98. The van der Waals surface area contributed by atoms with E-state index in [2.05, 4.69) is 267 Å². The lowest BCUT2D eigenvalue weighted by Gasteiger charge is -2.33. The highest BCUT2D eigenvalue weighted by atomic mass is 28.3. The molecule has 1 aliphatic rings. The van der Waals surface area contributed by atoms with Gasteiger partial charge in [-0.1, -0.05) is 232 Å². The van der Waals surface area contributed by atoms with Gasteiger partial charge in [0, 0.05) is 16.9 Å². The van der Waals surface area contributed by atoms with Crippen molar-refractivity contribution in [1.82, 2.24) is 0 Å². The van der Waals surface area contributed by atoms with Gasteiger partial charge in [-0.25, -0.2) is 0 Å². The smallest absolute Gasteiger partial charge is 0.180 e. The first-order chi connectivity index (χ1) is 32.6. The fourth-order valence-electron chi connectivity index (χ4n) is 10.1. The Morgan fingerprint density at radius 3 is 1.20 bits per heavy atom. The maximum absolute atomic E-state index is 4.20. The molecule has 0 radical (unpaired) electrons. The van der Waals surface area contributed by atoms with Crippen LogP contribution in [-0.2, 0) is 0 Å². The van der Waals surface area contributed by atoms with Gasteiger partial charge in [-0.3, -0.25) is 0 Å². The fourth-order valence-corrected chi connectivity index (χ4v) is 15.4. The van der Waals surface area contributed by atoms with Crippen molar-refractivity contribution in [3.05, 3.63) is 273 Å². The minimum atomic E-state index is -2.90.